The van der Waals surface area contributed by atoms with Crippen LogP contribution in [0.2, 0.25) is 5.02 Å². The standard InChI is InChI=1S/C22H19ClO3/c23-20-12-5-4-11-19(20)22(25)14-21(24)17-9-6-10-18(13-17)26-15-16-7-2-1-3-8-16/h1-13,21,24H,14-15H2. The van der Waals surface area contributed by atoms with Crippen LogP contribution in [0.15, 0.2) is 78.9 Å². The van der Waals surface area contributed by atoms with Crippen LogP contribution in [-0.4, -0.2) is 10.9 Å². The fourth-order valence-corrected chi connectivity index (χ4v) is 2.88. The first-order chi connectivity index (χ1) is 12.6. The smallest absolute Gasteiger partial charge is 0.167 e. The van der Waals surface area contributed by atoms with Crippen molar-refractivity contribution >= 4 is 17.4 Å². The van der Waals surface area contributed by atoms with Gasteiger partial charge in [0.25, 0.3) is 0 Å². The summed E-state index contributed by atoms with van der Waals surface area (Å²) in [5, 5.41) is 10.8. The van der Waals surface area contributed by atoms with Gasteiger partial charge in [0.05, 0.1) is 11.1 Å². The molecule has 26 heavy (non-hydrogen) atoms. The van der Waals surface area contributed by atoms with Crippen molar-refractivity contribution in [2.24, 2.45) is 0 Å². The Balaban J connectivity index is 1.65. The fourth-order valence-electron chi connectivity index (χ4n) is 2.64. The van der Waals surface area contributed by atoms with Crippen molar-refractivity contribution < 1.29 is 14.6 Å². The van der Waals surface area contributed by atoms with E-state index in [-0.39, 0.29) is 12.2 Å². The summed E-state index contributed by atoms with van der Waals surface area (Å²) in [6.07, 6.45) is -0.953. The summed E-state index contributed by atoms with van der Waals surface area (Å²) in [7, 11) is 0. The van der Waals surface area contributed by atoms with Crippen LogP contribution >= 0.6 is 11.6 Å². The molecular formula is C22H19ClO3. The molecule has 0 aliphatic carbocycles. The molecule has 1 atom stereocenters. The molecule has 0 aliphatic heterocycles. The zero-order valence-electron chi connectivity index (χ0n) is 14.1. The van der Waals surface area contributed by atoms with E-state index in [1.165, 1.54) is 0 Å². The molecule has 1 unspecified atom stereocenters. The molecule has 0 saturated heterocycles. The molecule has 3 aromatic carbocycles. The summed E-state index contributed by atoms with van der Waals surface area (Å²) in [4.78, 5) is 12.4. The summed E-state index contributed by atoms with van der Waals surface area (Å²) < 4.78 is 5.77. The third kappa shape index (κ3) is 4.72. The van der Waals surface area contributed by atoms with Crippen LogP contribution in [0.5, 0.6) is 5.75 Å². The Hall–Kier alpha value is -2.62. The third-order valence-corrected chi connectivity index (χ3v) is 4.37. The molecule has 132 valence electrons. The van der Waals surface area contributed by atoms with Gasteiger partial charge in [-0.3, -0.25) is 4.79 Å². The maximum atomic E-state index is 12.4. The van der Waals surface area contributed by atoms with E-state index < -0.39 is 6.10 Å². The first-order valence-corrected chi connectivity index (χ1v) is 8.74. The van der Waals surface area contributed by atoms with E-state index in [4.69, 9.17) is 16.3 Å². The third-order valence-electron chi connectivity index (χ3n) is 4.04. The maximum absolute atomic E-state index is 12.4. The van der Waals surface area contributed by atoms with Gasteiger partial charge in [-0.25, -0.2) is 0 Å². The highest BCUT2D eigenvalue weighted by molar-refractivity contribution is 6.33. The number of hydrogen-bond acceptors (Lipinski definition) is 3. The van der Waals surface area contributed by atoms with Crippen molar-refractivity contribution in [1.82, 2.24) is 0 Å². The van der Waals surface area contributed by atoms with Gasteiger partial charge in [-0.1, -0.05) is 66.2 Å². The molecule has 3 aromatic rings. The number of carbonyl (C=O) groups excluding carboxylic acids is 1. The number of ketones is 1. The minimum atomic E-state index is -0.918. The number of rotatable bonds is 7. The van der Waals surface area contributed by atoms with E-state index in [1.807, 2.05) is 36.4 Å². The molecule has 0 saturated carbocycles. The lowest BCUT2D eigenvalue weighted by atomic mass is 10.00. The Labute approximate surface area is 157 Å². The largest absolute Gasteiger partial charge is 0.489 e. The predicted octanol–water partition coefficient (Wildman–Crippen LogP) is 5.23. The first kappa shape index (κ1) is 18.2. The number of benzene rings is 3. The number of aliphatic hydroxyl groups is 1. The summed E-state index contributed by atoms with van der Waals surface area (Å²) in [6, 6.07) is 23.9. The number of Topliss-reactive ketones (excluding diaryl/α,β-unsaturated/α-hetero) is 1. The molecule has 0 fully saturated rings. The molecular weight excluding hydrogens is 348 g/mol. The summed E-state index contributed by atoms with van der Waals surface area (Å²) in [5.74, 6) is 0.453. The van der Waals surface area contributed by atoms with Gasteiger partial charge in [-0.2, -0.15) is 0 Å². The van der Waals surface area contributed by atoms with Crippen LogP contribution in [0.3, 0.4) is 0 Å². The molecule has 0 aromatic heterocycles. The molecule has 0 radical (unpaired) electrons. The zero-order valence-corrected chi connectivity index (χ0v) is 14.9. The van der Waals surface area contributed by atoms with E-state index in [2.05, 4.69) is 0 Å². The van der Waals surface area contributed by atoms with Crippen LogP contribution in [0.25, 0.3) is 0 Å². The topological polar surface area (TPSA) is 46.5 Å². The van der Waals surface area contributed by atoms with E-state index >= 15 is 0 Å². The maximum Gasteiger partial charge on any atom is 0.167 e. The minimum Gasteiger partial charge on any atom is -0.489 e. The van der Waals surface area contributed by atoms with Crippen molar-refractivity contribution in [3.63, 3.8) is 0 Å². The van der Waals surface area contributed by atoms with E-state index in [9.17, 15) is 9.90 Å². The first-order valence-electron chi connectivity index (χ1n) is 8.36. The van der Waals surface area contributed by atoms with Crippen LogP contribution in [-0.2, 0) is 6.61 Å². The van der Waals surface area contributed by atoms with Crippen molar-refractivity contribution in [3.05, 3.63) is 101 Å². The van der Waals surface area contributed by atoms with Gasteiger partial charge in [0, 0.05) is 12.0 Å². The Morgan fingerprint density at radius 2 is 1.69 bits per heavy atom. The predicted molar refractivity (Wildman–Crippen MR) is 103 cm³/mol. The van der Waals surface area contributed by atoms with Gasteiger partial charge in [0.2, 0.25) is 0 Å². The van der Waals surface area contributed by atoms with Crippen molar-refractivity contribution in [1.29, 1.82) is 0 Å². The molecule has 1 N–H and O–H groups in total. The van der Waals surface area contributed by atoms with Crippen molar-refractivity contribution in [3.8, 4) is 5.75 Å². The number of aliphatic hydroxyl groups excluding tert-OH is 1. The Morgan fingerprint density at radius 1 is 0.962 bits per heavy atom. The van der Waals surface area contributed by atoms with Crippen molar-refractivity contribution in [2.75, 3.05) is 0 Å². The lowest BCUT2D eigenvalue weighted by molar-refractivity contribution is 0.0880. The molecule has 0 amide bonds. The second-order valence-corrected chi connectivity index (χ2v) is 6.38. The van der Waals surface area contributed by atoms with Crippen LogP contribution in [0, 0.1) is 0 Å². The Kier molecular flexibility index (Phi) is 6.05. The summed E-state index contributed by atoms with van der Waals surface area (Å²) in [6.45, 7) is 0.443. The molecule has 0 heterocycles. The van der Waals surface area contributed by atoms with Crippen LogP contribution in [0.4, 0.5) is 0 Å². The Morgan fingerprint density at radius 3 is 2.46 bits per heavy atom. The van der Waals surface area contributed by atoms with Crippen LogP contribution in [0.1, 0.15) is 34.0 Å². The highest BCUT2D eigenvalue weighted by Gasteiger charge is 2.17. The Bertz CT molecular complexity index is 877. The molecule has 4 heteroatoms. The number of carbonyl (C=O) groups is 1. The van der Waals surface area contributed by atoms with Gasteiger partial charge in [0.15, 0.2) is 5.78 Å². The lowest BCUT2D eigenvalue weighted by Gasteiger charge is -2.13. The van der Waals surface area contributed by atoms with Gasteiger partial charge < -0.3 is 9.84 Å². The molecule has 3 nitrogen and oxygen atoms in total. The molecule has 3 rings (SSSR count). The zero-order chi connectivity index (χ0) is 18.4. The van der Waals surface area contributed by atoms with Crippen molar-refractivity contribution in [2.45, 2.75) is 19.1 Å². The van der Waals surface area contributed by atoms with Gasteiger partial charge in [-0.15, -0.1) is 0 Å². The van der Waals surface area contributed by atoms with Gasteiger partial charge in [-0.05, 0) is 35.4 Å². The minimum absolute atomic E-state index is 0.0358. The molecule has 0 aliphatic rings. The monoisotopic (exact) mass is 366 g/mol. The number of halogens is 1. The van der Waals surface area contributed by atoms with E-state index in [1.54, 1.807) is 42.5 Å². The van der Waals surface area contributed by atoms with E-state index in [0.29, 0.717) is 28.5 Å². The quantitative estimate of drug-likeness (QED) is 0.583. The number of ether oxygens (including phenoxy) is 1. The highest BCUT2D eigenvalue weighted by atomic mass is 35.5. The summed E-state index contributed by atoms with van der Waals surface area (Å²) in [5.41, 5.74) is 2.12. The SMILES string of the molecule is O=C(CC(O)c1cccc(OCc2ccccc2)c1)c1ccccc1Cl. The fraction of sp³-hybridized carbons (Fsp3) is 0.136. The second-order valence-electron chi connectivity index (χ2n) is 5.97. The van der Waals surface area contributed by atoms with Crippen LogP contribution < -0.4 is 4.74 Å². The molecule has 0 bridgehead atoms. The van der Waals surface area contributed by atoms with Gasteiger partial charge in [0.1, 0.15) is 12.4 Å². The second kappa shape index (κ2) is 8.65. The van der Waals surface area contributed by atoms with E-state index in [0.717, 1.165) is 5.56 Å². The van der Waals surface area contributed by atoms with Gasteiger partial charge >= 0.3 is 0 Å². The molecule has 0 spiro atoms. The lowest BCUT2D eigenvalue weighted by Crippen LogP contribution is -2.08. The average Bonchev–Trinajstić information content (AvgIpc) is 2.67. The summed E-state index contributed by atoms with van der Waals surface area (Å²) >= 11 is 6.05. The normalized spacial score (nSPS) is 11.8. The average molecular weight is 367 g/mol. The number of hydrogen-bond donors (Lipinski definition) is 1. The highest BCUT2D eigenvalue weighted by Crippen LogP contribution is 2.25.